The van der Waals surface area contributed by atoms with Crippen LogP contribution in [0.25, 0.3) is 0 Å². The van der Waals surface area contributed by atoms with Crippen LogP contribution in [0.1, 0.15) is 33.7 Å². The van der Waals surface area contributed by atoms with Gasteiger partial charge < -0.3 is 0 Å². The third kappa shape index (κ3) is 3.99. The lowest BCUT2D eigenvalue weighted by Crippen LogP contribution is -2.37. The summed E-state index contributed by atoms with van der Waals surface area (Å²) in [6.45, 7) is 0. The number of halogens is 1. The van der Waals surface area contributed by atoms with E-state index < -0.39 is 5.41 Å². The second kappa shape index (κ2) is 9.48. The van der Waals surface area contributed by atoms with Crippen LogP contribution in [-0.4, -0.2) is 0 Å². The van der Waals surface area contributed by atoms with Crippen molar-refractivity contribution >= 4 is 11.6 Å². The van der Waals surface area contributed by atoms with Crippen molar-refractivity contribution in [3.05, 3.63) is 178 Å². The van der Waals surface area contributed by atoms with Crippen molar-refractivity contribution in [1.29, 1.82) is 0 Å². The molecule has 33 heavy (non-hydrogen) atoms. The quantitative estimate of drug-likeness (QED) is 0.230. The van der Waals surface area contributed by atoms with Crippen molar-refractivity contribution in [1.82, 2.24) is 0 Å². The highest BCUT2D eigenvalue weighted by molar-refractivity contribution is 6.30. The first kappa shape index (κ1) is 21.2. The van der Waals surface area contributed by atoms with Crippen LogP contribution in [0.3, 0.4) is 0 Å². The summed E-state index contributed by atoms with van der Waals surface area (Å²) in [5, 5.41) is 0.747. The van der Waals surface area contributed by atoms with Crippen molar-refractivity contribution < 1.29 is 0 Å². The molecule has 0 aliphatic rings. The third-order valence-corrected chi connectivity index (χ3v) is 6.67. The van der Waals surface area contributed by atoms with E-state index in [0.717, 1.165) is 5.02 Å². The van der Waals surface area contributed by atoms with Gasteiger partial charge in [0.25, 0.3) is 0 Å². The van der Waals surface area contributed by atoms with E-state index in [1.54, 1.807) is 0 Å². The summed E-state index contributed by atoms with van der Waals surface area (Å²) < 4.78 is 0. The number of hydrogen-bond acceptors (Lipinski definition) is 0. The summed E-state index contributed by atoms with van der Waals surface area (Å²) in [6, 6.07) is 51.7. The largest absolute Gasteiger partial charge is 0.0843 e. The maximum atomic E-state index is 6.56. The Hall–Kier alpha value is -3.61. The number of benzene rings is 5. The zero-order valence-electron chi connectivity index (χ0n) is 18.3. The molecule has 0 aromatic heterocycles. The van der Waals surface area contributed by atoms with Crippen LogP contribution in [-0.2, 0) is 5.41 Å². The summed E-state index contributed by atoms with van der Waals surface area (Å²) in [5.41, 5.74) is 5.71. The van der Waals surface area contributed by atoms with Crippen LogP contribution >= 0.6 is 11.6 Å². The molecule has 0 bridgehead atoms. The average Bonchev–Trinajstić information content (AvgIpc) is 2.89. The first-order chi connectivity index (χ1) is 16.3. The van der Waals surface area contributed by atoms with Crippen LogP contribution in [0.2, 0.25) is 5.02 Å². The third-order valence-electron chi connectivity index (χ3n) is 6.44. The molecule has 1 unspecified atom stereocenters. The monoisotopic (exact) mass is 444 g/mol. The molecule has 5 aromatic rings. The Labute approximate surface area is 201 Å². The van der Waals surface area contributed by atoms with E-state index in [4.69, 9.17) is 11.6 Å². The standard InChI is InChI=1S/C32H25Cl/c33-30-23-13-16-26(24-30)31(25-14-5-1-6-15-25)32(27-17-7-2-8-18-27,28-19-9-3-10-20-28)29-21-11-4-12-22-29/h1-24,31H. The minimum Gasteiger partial charge on any atom is -0.0843 e. The average molecular weight is 445 g/mol. The molecule has 0 nitrogen and oxygen atoms in total. The van der Waals surface area contributed by atoms with E-state index >= 15 is 0 Å². The molecular weight excluding hydrogens is 420 g/mol. The first-order valence-electron chi connectivity index (χ1n) is 11.3. The highest BCUT2D eigenvalue weighted by Crippen LogP contribution is 2.52. The molecule has 1 atom stereocenters. The SMILES string of the molecule is Clc1cccc(C(c2ccccc2)C(c2ccccc2)(c2ccccc2)c2ccccc2)c1. The Morgan fingerprint density at radius 3 is 1.24 bits per heavy atom. The molecule has 0 aliphatic carbocycles. The van der Waals surface area contributed by atoms with Gasteiger partial charge in [-0.15, -0.1) is 0 Å². The van der Waals surface area contributed by atoms with Crippen LogP contribution < -0.4 is 0 Å². The fourth-order valence-corrected chi connectivity index (χ4v) is 5.33. The second-order valence-corrected chi connectivity index (χ2v) is 8.74. The fourth-order valence-electron chi connectivity index (χ4n) is 5.13. The molecule has 0 fully saturated rings. The number of rotatable bonds is 6. The molecule has 0 aliphatic heterocycles. The van der Waals surface area contributed by atoms with Crippen molar-refractivity contribution in [2.75, 3.05) is 0 Å². The molecule has 1 heteroatoms. The molecular formula is C32H25Cl. The van der Waals surface area contributed by atoms with Gasteiger partial charge in [-0.3, -0.25) is 0 Å². The molecule has 0 N–H and O–H groups in total. The van der Waals surface area contributed by atoms with Gasteiger partial charge in [-0.1, -0.05) is 145 Å². The molecule has 0 heterocycles. The van der Waals surface area contributed by atoms with E-state index in [1.165, 1.54) is 27.8 Å². The van der Waals surface area contributed by atoms with Gasteiger partial charge in [0.1, 0.15) is 0 Å². The topological polar surface area (TPSA) is 0 Å². The van der Waals surface area contributed by atoms with E-state index in [-0.39, 0.29) is 5.92 Å². The summed E-state index contributed by atoms with van der Waals surface area (Å²) in [7, 11) is 0. The van der Waals surface area contributed by atoms with E-state index in [2.05, 4.69) is 140 Å². The smallest absolute Gasteiger partial charge is 0.0560 e. The van der Waals surface area contributed by atoms with Gasteiger partial charge in [0.2, 0.25) is 0 Å². The molecule has 0 saturated heterocycles. The van der Waals surface area contributed by atoms with E-state index in [0.29, 0.717) is 0 Å². The van der Waals surface area contributed by atoms with Gasteiger partial charge in [-0.25, -0.2) is 0 Å². The second-order valence-electron chi connectivity index (χ2n) is 8.30. The van der Waals surface area contributed by atoms with E-state index in [9.17, 15) is 0 Å². The zero-order valence-corrected chi connectivity index (χ0v) is 19.1. The van der Waals surface area contributed by atoms with Gasteiger partial charge in [-0.05, 0) is 39.9 Å². The van der Waals surface area contributed by atoms with Crippen LogP contribution in [0, 0.1) is 0 Å². The van der Waals surface area contributed by atoms with Crippen molar-refractivity contribution in [2.45, 2.75) is 11.3 Å². The maximum absolute atomic E-state index is 6.56. The van der Waals surface area contributed by atoms with Crippen LogP contribution in [0.4, 0.5) is 0 Å². The van der Waals surface area contributed by atoms with Crippen LogP contribution in [0.5, 0.6) is 0 Å². The summed E-state index contributed by atoms with van der Waals surface area (Å²) in [6.07, 6.45) is 0. The Morgan fingerprint density at radius 2 is 0.818 bits per heavy atom. The van der Waals surface area contributed by atoms with Crippen LogP contribution in [0.15, 0.2) is 146 Å². The fraction of sp³-hybridized carbons (Fsp3) is 0.0625. The van der Waals surface area contributed by atoms with Gasteiger partial charge in [-0.2, -0.15) is 0 Å². The Bertz CT molecular complexity index is 1200. The summed E-state index contributed by atoms with van der Waals surface area (Å²) >= 11 is 6.56. The molecule has 0 saturated carbocycles. The minimum absolute atomic E-state index is 0.00426. The maximum Gasteiger partial charge on any atom is 0.0560 e. The Morgan fingerprint density at radius 1 is 0.424 bits per heavy atom. The lowest BCUT2D eigenvalue weighted by Gasteiger charge is -2.43. The Balaban J connectivity index is 1.95. The highest BCUT2D eigenvalue weighted by atomic mass is 35.5. The van der Waals surface area contributed by atoms with Gasteiger partial charge in [0.15, 0.2) is 0 Å². The lowest BCUT2D eigenvalue weighted by atomic mass is 9.58. The first-order valence-corrected chi connectivity index (χ1v) is 11.6. The van der Waals surface area contributed by atoms with Crippen molar-refractivity contribution in [3.8, 4) is 0 Å². The predicted octanol–water partition coefficient (Wildman–Crippen LogP) is 8.51. The molecule has 0 amide bonds. The number of hydrogen-bond donors (Lipinski definition) is 0. The zero-order chi connectivity index (χ0) is 22.5. The molecule has 5 rings (SSSR count). The Kier molecular flexibility index (Phi) is 6.11. The minimum atomic E-state index is -0.462. The lowest BCUT2D eigenvalue weighted by molar-refractivity contribution is 0.537. The normalized spacial score (nSPS) is 12.3. The van der Waals surface area contributed by atoms with Gasteiger partial charge in [0, 0.05) is 10.9 Å². The van der Waals surface area contributed by atoms with Crippen molar-refractivity contribution in [3.63, 3.8) is 0 Å². The summed E-state index contributed by atoms with van der Waals surface area (Å²) in [4.78, 5) is 0. The summed E-state index contributed by atoms with van der Waals surface area (Å²) in [5.74, 6) is 0.00426. The van der Waals surface area contributed by atoms with E-state index in [1.807, 2.05) is 6.07 Å². The van der Waals surface area contributed by atoms with Crippen molar-refractivity contribution in [2.24, 2.45) is 0 Å². The molecule has 0 radical (unpaired) electrons. The molecule has 160 valence electrons. The van der Waals surface area contributed by atoms with Gasteiger partial charge >= 0.3 is 0 Å². The highest BCUT2D eigenvalue weighted by Gasteiger charge is 2.45. The predicted molar refractivity (Wildman–Crippen MR) is 139 cm³/mol. The molecule has 0 spiro atoms. The molecule has 5 aromatic carbocycles. The van der Waals surface area contributed by atoms with Gasteiger partial charge in [0.05, 0.1) is 5.41 Å².